The normalized spacial score (nSPS) is 26.7. The van der Waals surface area contributed by atoms with Crippen LogP contribution < -0.4 is 0 Å². The molecule has 0 radical (unpaired) electrons. The lowest BCUT2D eigenvalue weighted by Crippen LogP contribution is -2.36. The third-order valence-electron chi connectivity index (χ3n) is 3.01. The van der Waals surface area contributed by atoms with Crippen LogP contribution in [0.5, 0.6) is 0 Å². The first-order chi connectivity index (χ1) is 6.11. The fourth-order valence-corrected chi connectivity index (χ4v) is 2.11. The largest absolute Gasteiger partial charge is 0.441 e. The van der Waals surface area contributed by atoms with Gasteiger partial charge < -0.3 is 9.64 Å². The Bertz CT molecular complexity index is 250. The molecule has 0 bridgehead atoms. The Kier molecular flexibility index (Phi) is 1.82. The molecule has 1 aliphatic carbocycles. The smallest absolute Gasteiger partial charge is 0.410 e. The average Bonchev–Trinajstić information content (AvgIpc) is 2.36. The number of carbonyl (C=O) groups is 1. The highest BCUT2D eigenvalue weighted by Gasteiger charge is 2.44. The fraction of sp³-hybridized carbons (Fsp3) is 0.700. The Morgan fingerprint density at radius 3 is 2.54 bits per heavy atom. The van der Waals surface area contributed by atoms with E-state index in [1.54, 1.807) is 11.9 Å². The summed E-state index contributed by atoms with van der Waals surface area (Å²) in [5, 5.41) is 0. The lowest BCUT2D eigenvalue weighted by atomic mass is 9.82. The SMILES string of the molecule is C=C1CCC2(CC1)CN(C)C(=O)O2. The molecule has 0 aromatic heterocycles. The summed E-state index contributed by atoms with van der Waals surface area (Å²) in [4.78, 5) is 12.9. The summed E-state index contributed by atoms with van der Waals surface area (Å²) in [7, 11) is 1.79. The van der Waals surface area contributed by atoms with Crippen molar-refractivity contribution in [3.05, 3.63) is 12.2 Å². The van der Waals surface area contributed by atoms with Crippen LogP contribution in [0.3, 0.4) is 0 Å². The minimum absolute atomic E-state index is 0.174. The van der Waals surface area contributed by atoms with Crippen molar-refractivity contribution < 1.29 is 9.53 Å². The van der Waals surface area contributed by atoms with E-state index in [4.69, 9.17) is 4.74 Å². The van der Waals surface area contributed by atoms with E-state index in [2.05, 4.69) is 6.58 Å². The van der Waals surface area contributed by atoms with Crippen molar-refractivity contribution in [1.29, 1.82) is 0 Å². The standard InChI is InChI=1S/C10H15NO2/c1-8-3-5-10(6-4-8)7-11(2)9(12)13-10/h1,3-7H2,2H3. The molecule has 0 atom stereocenters. The summed E-state index contributed by atoms with van der Waals surface area (Å²) < 4.78 is 5.40. The lowest BCUT2D eigenvalue weighted by molar-refractivity contribution is 0.0348. The summed E-state index contributed by atoms with van der Waals surface area (Å²) in [5.74, 6) is 0. The summed E-state index contributed by atoms with van der Waals surface area (Å²) in [6, 6.07) is 0. The molecule has 1 saturated carbocycles. The Hall–Kier alpha value is -0.990. The number of rotatable bonds is 0. The van der Waals surface area contributed by atoms with Crippen LogP contribution in [-0.2, 0) is 4.74 Å². The topological polar surface area (TPSA) is 29.5 Å². The lowest BCUT2D eigenvalue weighted by Gasteiger charge is -2.31. The van der Waals surface area contributed by atoms with Crippen molar-refractivity contribution in [2.45, 2.75) is 31.3 Å². The molecule has 1 spiro atoms. The van der Waals surface area contributed by atoms with Gasteiger partial charge in [-0.1, -0.05) is 12.2 Å². The fourth-order valence-electron chi connectivity index (χ4n) is 2.11. The van der Waals surface area contributed by atoms with Crippen LogP contribution in [0.15, 0.2) is 12.2 Å². The van der Waals surface area contributed by atoms with Gasteiger partial charge in [0.15, 0.2) is 0 Å². The zero-order valence-electron chi connectivity index (χ0n) is 8.01. The highest BCUT2D eigenvalue weighted by atomic mass is 16.6. The van der Waals surface area contributed by atoms with Crippen molar-refractivity contribution in [2.24, 2.45) is 0 Å². The minimum atomic E-state index is -0.187. The maximum atomic E-state index is 11.2. The second-order valence-corrected chi connectivity index (χ2v) is 4.16. The molecule has 1 amide bonds. The molecular formula is C10H15NO2. The monoisotopic (exact) mass is 181 g/mol. The van der Waals surface area contributed by atoms with E-state index in [9.17, 15) is 4.79 Å². The number of ether oxygens (including phenoxy) is 1. The first-order valence-electron chi connectivity index (χ1n) is 4.72. The van der Waals surface area contributed by atoms with Gasteiger partial charge in [0.1, 0.15) is 5.60 Å². The molecule has 2 fully saturated rings. The van der Waals surface area contributed by atoms with Crippen molar-refractivity contribution in [3.63, 3.8) is 0 Å². The molecule has 1 heterocycles. The van der Waals surface area contributed by atoms with E-state index in [0.717, 1.165) is 32.2 Å². The van der Waals surface area contributed by atoms with Crippen LogP contribution in [0, 0.1) is 0 Å². The molecular weight excluding hydrogens is 166 g/mol. The van der Waals surface area contributed by atoms with E-state index in [1.165, 1.54) is 5.57 Å². The molecule has 72 valence electrons. The third kappa shape index (κ3) is 1.43. The minimum Gasteiger partial charge on any atom is -0.441 e. The van der Waals surface area contributed by atoms with E-state index >= 15 is 0 Å². The van der Waals surface area contributed by atoms with E-state index < -0.39 is 0 Å². The van der Waals surface area contributed by atoms with Crippen molar-refractivity contribution >= 4 is 6.09 Å². The van der Waals surface area contributed by atoms with Gasteiger partial charge in [-0.2, -0.15) is 0 Å². The van der Waals surface area contributed by atoms with Gasteiger partial charge in [0.05, 0.1) is 6.54 Å². The van der Waals surface area contributed by atoms with Gasteiger partial charge in [-0.25, -0.2) is 4.79 Å². The number of hydrogen-bond donors (Lipinski definition) is 0. The zero-order chi connectivity index (χ0) is 9.47. The molecule has 0 aromatic rings. The van der Waals surface area contributed by atoms with Crippen molar-refractivity contribution in [3.8, 4) is 0 Å². The van der Waals surface area contributed by atoms with E-state index in [0.29, 0.717) is 0 Å². The van der Waals surface area contributed by atoms with Crippen LogP contribution in [0.1, 0.15) is 25.7 Å². The van der Waals surface area contributed by atoms with Crippen molar-refractivity contribution in [2.75, 3.05) is 13.6 Å². The number of likely N-dealkylation sites (N-methyl/N-ethyl adjacent to an activating group) is 1. The third-order valence-corrected chi connectivity index (χ3v) is 3.01. The molecule has 2 aliphatic rings. The van der Waals surface area contributed by atoms with Gasteiger partial charge in [-0.3, -0.25) is 0 Å². The quantitative estimate of drug-likeness (QED) is 0.534. The Morgan fingerprint density at radius 2 is 2.08 bits per heavy atom. The maximum Gasteiger partial charge on any atom is 0.410 e. The van der Waals surface area contributed by atoms with E-state index in [1.807, 2.05) is 0 Å². The second-order valence-electron chi connectivity index (χ2n) is 4.16. The highest BCUT2D eigenvalue weighted by molar-refractivity contribution is 5.70. The van der Waals surface area contributed by atoms with Gasteiger partial charge in [-0.15, -0.1) is 0 Å². The van der Waals surface area contributed by atoms with Gasteiger partial charge in [0, 0.05) is 7.05 Å². The zero-order valence-corrected chi connectivity index (χ0v) is 8.01. The average molecular weight is 181 g/mol. The van der Waals surface area contributed by atoms with Gasteiger partial charge in [0.2, 0.25) is 0 Å². The maximum absolute atomic E-state index is 11.2. The van der Waals surface area contributed by atoms with Gasteiger partial charge in [0.25, 0.3) is 0 Å². The molecule has 0 unspecified atom stereocenters. The van der Waals surface area contributed by atoms with E-state index in [-0.39, 0.29) is 11.7 Å². The van der Waals surface area contributed by atoms with Crippen LogP contribution in [0.2, 0.25) is 0 Å². The van der Waals surface area contributed by atoms with Crippen LogP contribution >= 0.6 is 0 Å². The molecule has 3 nitrogen and oxygen atoms in total. The van der Waals surface area contributed by atoms with Crippen LogP contribution in [-0.4, -0.2) is 30.2 Å². The molecule has 2 rings (SSSR count). The number of amides is 1. The van der Waals surface area contributed by atoms with Crippen molar-refractivity contribution in [1.82, 2.24) is 4.90 Å². The Balaban J connectivity index is 2.07. The van der Waals surface area contributed by atoms with Gasteiger partial charge in [-0.05, 0) is 25.7 Å². The molecule has 0 N–H and O–H groups in total. The number of carbonyl (C=O) groups excluding carboxylic acids is 1. The molecule has 1 aliphatic heterocycles. The highest BCUT2D eigenvalue weighted by Crippen LogP contribution is 2.37. The number of hydrogen-bond acceptors (Lipinski definition) is 2. The first kappa shape index (κ1) is 8.60. The summed E-state index contributed by atoms with van der Waals surface area (Å²) >= 11 is 0. The Morgan fingerprint density at radius 1 is 1.46 bits per heavy atom. The molecule has 0 aromatic carbocycles. The summed E-state index contributed by atoms with van der Waals surface area (Å²) in [6.07, 6.45) is 3.72. The summed E-state index contributed by atoms with van der Waals surface area (Å²) in [5.41, 5.74) is 1.10. The molecule has 3 heteroatoms. The number of nitrogens with zero attached hydrogens (tertiary/aromatic N) is 1. The Labute approximate surface area is 78.4 Å². The predicted molar refractivity (Wildman–Crippen MR) is 49.5 cm³/mol. The number of allylic oxidation sites excluding steroid dienone is 1. The van der Waals surface area contributed by atoms with Crippen LogP contribution in [0.25, 0.3) is 0 Å². The second kappa shape index (κ2) is 2.76. The molecule has 1 saturated heterocycles. The van der Waals surface area contributed by atoms with Gasteiger partial charge >= 0.3 is 6.09 Å². The molecule has 13 heavy (non-hydrogen) atoms. The summed E-state index contributed by atoms with van der Waals surface area (Å²) in [6.45, 7) is 4.70. The first-order valence-corrected chi connectivity index (χ1v) is 4.72. The predicted octanol–water partition coefficient (Wildman–Crippen LogP) is 1.94. The van der Waals surface area contributed by atoms with Crippen LogP contribution in [0.4, 0.5) is 4.79 Å².